The zero-order valence-electron chi connectivity index (χ0n) is 23.2. The highest BCUT2D eigenvalue weighted by atomic mass is 19.1. The lowest BCUT2D eigenvalue weighted by molar-refractivity contribution is 0.279. The van der Waals surface area contributed by atoms with Gasteiger partial charge in [0.05, 0.1) is 23.0 Å². The molecule has 0 aliphatic heterocycles. The fourth-order valence-corrected chi connectivity index (χ4v) is 6.08. The molecule has 10 heteroatoms. The van der Waals surface area contributed by atoms with E-state index in [4.69, 9.17) is 0 Å². The summed E-state index contributed by atoms with van der Waals surface area (Å²) >= 11 is 0. The summed E-state index contributed by atoms with van der Waals surface area (Å²) in [6.45, 7) is 0.518. The number of hydrogen-bond acceptors (Lipinski definition) is 5. The number of nitrogens with zero attached hydrogens (tertiary/aromatic N) is 5. The van der Waals surface area contributed by atoms with Crippen LogP contribution in [0.3, 0.4) is 0 Å². The van der Waals surface area contributed by atoms with Gasteiger partial charge in [-0.3, -0.25) is 9.36 Å². The largest absolute Gasteiger partial charge is 0.337 e. The maximum atomic E-state index is 14.3. The van der Waals surface area contributed by atoms with Gasteiger partial charge in [-0.2, -0.15) is 0 Å². The highest BCUT2D eigenvalue weighted by Gasteiger charge is 2.27. The second-order valence-corrected chi connectivity index (χ2v) is 11.0. The number of pyridine rings is 2. The van der Waals surface area contributed by atoms with Crippen molar-refractivity contribution in [1.82, 2.24) is 28.8 Å². The lowest BCUT2D eigenvalue weighted by Gasteiger charge is -2.30. The van der Waals surface area contributed by atoms with Crippen LogP contribution in [0.25, 0.3) is 33.5 Å². The van der Waals surface area contributed by atoms with E-state index in [1.807, 2.05) is 48.5 Å². The van der Waals surface area contributed by atoms with E-state index < -0.39 is 17.1 Å². The molecule has 0 spiro atoms. The van der Waals surface area contributed by atoms with Crippen molar-refractivity contribution in [2.24, 2.45) is 0 Å². The Kier molecular flexibility index (Phi) is 6.90. The molecule has 1 aliphatic carbocycles. The van der Waals surface area contributed by atoms with Crippen molar-refractivity contribution in [3.05, 3.63) is 130 Å². The van der Waals surface area contributed by atoms with Crippen LogP contribution in [0, 0.1) is 11.6 Å². The molecular weight excluding hydrogens is 550 g/mol. The van der Waals surface area contributed by atoms with Crippen molar-refractivity contribution in [2.75, 3.05) is 0 Å². The minimum atomic E-state index is -0.637. The summed E-state index contributed by atoms with van der Waals surface area (Å²) in [5, 5.41) is 3.57. The van der Waals surface area contributed by atoms with Crippen LogP contribution in [0.4, 0.5) is 8.78 Å². The van der Waals surface area contributed by atoms with Crippen molar-refractivity contribution in [3.8, 4) is 16.8 Å². The molecule has 216 valence electrons. The van der Waals surface area contributed by atoms with E-state index in [-0.39, 0.29) is 28.9 Å². The molecule has 6 aromatic rings. The molecule has 1 saturated carbocycles. The molecule has 4 heterocycles. The van der Waals surface area contributed by atoms with Crippen molar-refractivity contribution < 1.29 is 8.78 Å². The van der Waals surface area contributed by atoms with E-state index in [1.165, 1.54) is 21.4 Å². The van der Waals surface area contributed by atoms with Crippen LogP contribution < -0.4 is 16.6 Å². The standard InChI is InChI=1S/C33H28F2N6O2/c34-23-9-14-30-38-26(20-39(30)19-23)18-36-25-10-12-27(13-11-25)41-32(42)29-16-24(35)17-37-31(29)40(33(41)43)28-8-4-7-22(15-28)21-5-2-1-3-6-21/h1-9,14-17,19-20,25,27,36H,10-13,18H2. The Morgan fingerprint density at radius 3 is 2.44 bits per heavy atom. The summed E-state index contributed by atoms with van der Waals surface area (Å²) in [7, 11) is 0. The SMILES string of the molecule is O=c1c2cc(F)cnc2n(-c2cccc(-c3ccccc3)c2)c(=O)n1C1CCC(NCc2cn3cc(F)ccc3n2)CC1. The number of nitrogens with one attached hydrogen (secondary N) is 1. The third kappa shape index (κ3) is 5.14. The molecule has 0 bridgehead atoms. The summed E-state index contributed by atoms with van der Waals surface area (Å²) in [6, 6.07) is 21.3. The van der Waals surface area contributed by atoms with Gasteiger partial charge < -0.3 is 9.72 Å². The smallest absolute Gasteiger partial charge is 0.308 e. The van der Waals surface area contributed by atoms with Crippen molar-refractivity contribution in [1.29, 1.82) is 0 Å². The maximum absolute atomic E-state index is 14.3. The molecule has 43 heavy (non-hydrogen) atoms. The quantitative estimate of drug-likeness (QED) is 0.286. The van der Waals surface area contributed by atoms with Crippen molar-refractivity contribution in [2.45, 2.75) is 44.3 Å². The molecule has 0 amide bonds. The maximum Gasteiger partial charge on any atom is 0.337 e. The number of aromatic nitrogens is 5. The average molecular weight is 579 g/mol. The molecule has 0 atom stereocenters. The lowest BCUT2D eigenvalue weighted by Crippen LogP contribution is -2.44. The van der Waals surface area contributed by atoms with E-state index >= 15 is 0 Å². The highest BCUT2D eigenvalue weighted by Crippen LogP contribution is 2.28. The van der Waals surface area contributed by atoms with Gasteiger partial charge in [0.1, 0.15) is 17.3 Å². The molecule has 7 rings (SSSR count). The Labute approximate surface area is 244 Å². The van der Waals surface area contributed by atoms with E-state index in [0.29, 0.717) is 30.7 Å². The van der Waals surface area contributed by atoms with Gasteiger partial charge in [-0.15, -0.1) is 0 Å². The highest BCUT2D eigenvalue weighted by molar-refractivity contribution is 5.76. The first-order chi connectivity index (χ1) is 20.9. The van der Waals surface area contributed by atoms with Crippen LogP contribution in [0.15, 0.2) is 101 Å². The minimum Gasteiger partial charge on any atom is -0.308 e. The average Bonchev–Trinajstić information content (AvgIpc) is 3.44. The minimum absolute atomic E-state index is 0.0632. The number of rotatable bonds is 6. The summed E-state index contributed by atoms with van der Waals surface area (Å²) in [6.07, 6.45) is 6.89. The van der Waals surface area contributed by atoms with Gasteiger partial charge in [-0.25, -0.2) is 28.1 Å². The molecule has 0 radical (unpaired) electrons. The van der Waals surface area contributed by atoms with E-state index in [1.54, 1.807) is 22.7 Å². The number of imidazole rings is 1. The second-order valence-electron chi connectivity index (χ2n) is 11.0. The summed E-state index contributed by atoms with van der Waals surface area (Å²) in [5.41, 5.74) is 3.01. The van der Waals surface area contributed by atoms with Crippen LogP contribution in [0.5, 0.6) is 0 Å². The number of benzene rings is 2. The molecule has 8 nitrogen and oxygen atoms in total. The molecule has 0 saturated heterocycles. The van der Waals surface area contributed by atoms with Crippen LogP contribution in [-0.4, -0.2) is 29.5 Å². The monoisotopic (exact) mass is 578 g/mol. The third-order valence-corrected chi connectivity index (χ3v) is 8.20. The first-order valence-corrected chi connectivity index (χ1v) is 14.3. The van der Waals surface area contributed by atoms with Gasteiger partial charge in [-0.05, 0) is 67.1 Å². The first-order valence-electron chi connectivity index (χ1n) is 14.3. The molecule has 1 aliphatic rings. The van der Waals surface area contributed by atoms with E-state index in [0.717, 1.165) is 41.9 Å². The zero-order valence-corrected chi connectivity index (χ0v) is 23.2. The van der Waals surface area contributed by atoms with E-state index in [2.05, 4.69) is 15.3 Å². The van der Waals surface area contributed by atoms with Crippen LogP contribution in [0.1, 0.15) is 37.4 Å². The van der Waals surface area contributed by atoms with Crippen LogP contribution in [-0.2, 0) is 6.54 Å². The molecule has 2 aromatic carbocycles. The second kappa shape index (κ2) is 11.0. The number of hydrogen-bond donors (Lipinski definition) is 1. The zero-order chi connectivity index (χ0) is 29.5. The topological polar surface area (TPSA) is 86.2 Å². The number of halogens is 2. The molecule has 1 fully saturated rings. The molecule has 1 N–H and O–H groups in total. The fourth-order valence-electron chi connectivity index (χ4n) is 6.08. The molecule has 0 unspecified atom stereocenters. The van der Waals surface area contributed by atoms with Crippen molar-refractivity contribution >= 4 is 16.7 Å². The first kappa shape index (κ1) is 26.9. The predicted octanol–water partition coefficient (Wildman–Crippen LogP) is 5.41. The third-order valence-electron chi connectivity index (χ3n) is 8.20. The summed E-state index contributed by atoms with van der Waals surface area (Å²) < 4.78 is 32.2. The van der Waals surface area contributed by atoms with E-state index in [9.17, 15) is 18.4 Å². The van der Waals surface area contributed by atoms with Gasteiger partial charge in [0.25, 0.3) is 5.56 Å². The lowest BCUT2D eigenvalue weighted by atomic mass is 9.91. The summed E-state index contributed by atoms with van der Waals surface area (Å²) in [5.74, 6) is -0.963. The van der Waals surface area contributed by atoms with Gasteiger partial charge in [-0.1, -0.05) is 42.5 Å². The predicted molar refractivity (Wildman–Crippen MR) is 160 cm³/mol. The molecule has 4 aromatic heterocycles. The Balaban J connectivity index is 1.18. The van der Waals surface area contributed by atoms with Crippen LogP contribution >= 0.6 is 0 Å². The Morgan fingerprint density at radius 1 is 0.837 bits per heavy atom. The Bertz CT molecular complexity index is 2080. The Morgan fingerprint density at radius 2 is 1.63 bits per heavy atom. The summed E-state index contributed by atoms with van der Waals surface area (Å²) in [4.78, 5) is 36.5. The van der Waals surface area contributed by atoms with Gasteiger partial charge in [0.2, 0.25) is 0 Å². The van der Waals surface area contributed by atoms with Gasteiger partial charge in [0, 0.05) is 31.0 Å². The van der Waals surface area contributed by atoms with Gasteiger partial charge in [0.15, 0.2) is 5.65 Å². The van der Waals surface area contributed by atoms with Gasteiger partial charge >= 0.3 is 5.69 Å². The Hall–Kier alpha value is -4.96. The fraction of sp³-hybridized carbons (Fsp3) is 0.212. The number of fused-ring (bicyclic) bond motifs is 2. The molecular formula is C33H28F2N6O2. The van der Waals surface area contributed by atoms with Crippen molar-refractivity contribution in [3.63, 3.8) is 0 Å². The van der Waals surface area contributed by atoms with Crippen LogP contribution in [0.2, 0.25) is 0 Å². The normalized spacial score (nSPS) is 17.1.